The third-order valence-electron chi connectivity index (χ3n) is 3.77. The van der Waals surface area contributed by atoms with Crippen molar-refractivity contribution in [3.05, 3.63) is 27.8 Å². The van der Waals surface area contributed by atoms with Crippen LogP contribution < -0.4 is 15.8 Å². The minimum Gasteiger partial charge on any atom is -0.500 e. The van der Waals surface area contributed by atoms with E-state index in [1.807, 2.05) is 0 Å². The van der Waals surface area contributed by atoms with Gasteiger partial charge in [-0.2, -0.15) is 0 Å². The van der Waals surface area contributed by atoms with Gasteiger partial charge in [-0.05, 0) is 43.5 Å². The van der Waals surface area contributed by atoms with Gasteiger partial charge in [-0.1, -0.05) is 0 Å². The molecule has 7 nitrogen and oxygen atoms in total. The molecule has 1 heterocycles. The lowest BCUT2D eigenvalue weighted by molar-refractivity contribution is -0.386. The Balaban J connectivity index is 2.35. The van der Waals surface area contributed by atoms with Gasteiger partial charge in [0.2, 0.25) is 5.75 Å². The molecule has 0 amide bonds. The van der Waals surface area contributed by atoms with E-state index in [1.165, 1.54) is 13.2 Å². The van der Waals surface area contributed by atoms with Crippen molar-refractivity contribution in [3.8, 4) is 11.5 Å². The second-order valence-corrected chi connectivity index (χ2v) is 4.96. The topological polar surface area (TPSA) is 111 Å². The van der Waals surface area contributed by atoms with Crippen LogP contribution in [0.15, 0.2) is 12.1 Å². The molecule has 20 heavy (non-hydrogen) atoms. The zero-order valence-electron chi connectivity index (χ0n) is 11.3. The number of phenolic OH excluding ortho intramolecular Hbond substituents is 1. The van der Waals surface area contributed by atoms with Gasteiger partial charge in [0.05, 0.1) is 12.0 Å². The smallest absolute Gasteiger partial charge is 0.314 e. The molecule has 1 atom stereocenters. The molecule has 0 aliphatic carbocycles. The molecule has 1 aromatic carbocycles. The highest BCUT2D eigenvalue weighted by atomic mass is 16.6. The fraction of sp³-hybridized carbons (Fsp3) is 0.538. The van der Waals surface area contributed by atoms with E-state index in [0.717, 1.165) is 25.9 Å². The summed E-state index contributed by atoms with van der Waals surface area (Å²) in [5, 5.41) is 24.0. The molecule has 1 saturated heterocycles. The molecule has 0 bridgehead atoms. The van der Waals surface area contributed by atoms with Gasteiger partial charge in [0.15, 0.2) is 5.75 Å². The second-order valence-electron chi connectivity index (χ2n) is 4.96. The van der Waals surface area contributed by atoms with Gasteiger partial charge in [0.1, 0.15) is 0 Å². The monoisotopic (exact) mass is 281 g/mol. The maximum atomic E-state index is 11.0. The summed E-state index contributed by atoms with van der Waals surface area (Å²) in [5.41, 5.74) is 6.48. The summed E-state index contributed by atoms with van der Waals surface area (Å²) in [6, 6.07) is 2.62. The van der Waals surface area contributed by atoms with Gasteiger partial charge in [-0.3, -0.25) is 10.1 Å². The molecular weight excluding hydrogens is 262 g/mol. The number of hydrogen-bond donors (Lipinski definition) is 3. The number of piperidine rings is 1. The number of nitro groups is 1. The van der Waals surface area contributed by atoms with Gasteiger partial charge in [-0.15, -0.1) is 0 Å². The highest BCUT2D eigenvalue weighted by Crippen LogP contribution is 2.40. The van der Waals surface area contributed by atoms with Crippen molar-refractivity contribution in [2.24, 2.45) is 11.7 Å². The molecule has 110 valence electrons. The summed E-state index contributed by atoms with van der Waals surface area (Å²) < 4.78 is 4.99. The number of nitrogens with one attached hydrogen (secondary N) is 1. The minimum atomic E-state index is -0.628. The van der Waals surface area contributed by atoms with Crippen LogP contribution in [-0.4, -0.2) is 30.2 Å². The number of hydrogen-bond acceptors (Lipinski definition) is 6. The third kappa shape index (κ3) is 2.83. The molecule has 1 aromatic rings. The van der Waals surface area contributed by atoms with E-state index >= 15 is 0 Å². The maximum Gasteiger partial charge on any atom is 0.314 e. The van der Waals surface area contributed by atoms with Crippen molar-refractivity contribution in [3.63, 3.8) is 0 Å². The Morgan fingerprint density at radius 3 is 2.70 bits per heavy atom. The van der Waals surface area contributed by atoms with Gasteiger partial charge < -0.3 is 20.9 Å². The lowest BCUT2D eigenvalue weighted by Gasteiger charge is -2.28. The first kappa shape index (κ1) is 14.5. The summed E-state index contributed by atoms with van der Waals surface area (Å²) in [7, 11) is 1.36. The molecule has 0 radical (unpaired) electrons. The van der Waals surface area contributed by atoms with Crippen molar-refractivity contribution in [1.82, 2.24) is 5.32 Å². The fourth-order valence-electron chi connectivity index (χ4n) is 2.58. The highest BCUT2D eigenvalue weighted by Gasteiger charge is 2.26. The van der Waals surface area contributed by atoms with E-state index in [1.54, 1.807) is 6.07 Å². The second kappa shape index (κ2) is 6.06. The number of nitrogens with zero attached hydrogens (tertiary/aromatic N) is 1. The van der Waals surface area contributed by atoms with E-state index in [9.17, 15) is 15.2 Å². The van der Waals surface area contributed by atoms with Crippen LogP contribution >= 0.6 is 0 Å². The van der Waals surface area contributed by atoms with Crippen molar-refractivity contribution < 1.29 is 14.8 Å². The Bertz CT molecular complexity index is 501. The van der Waals surface area contributed by atoms with Gasteiger partial charge in [-0.25, -0.2) is 0 Å². The first-order valence-corrected chi connectivity index (χ1v) is 6.56. The lowest BCUT2D eigenvalue weighted by atomic mass is 9.86. The largest absolute Gasteiger partial charge is 0.500 e. The Hall–Kier alpha value is -1.86. The highest BCUT2D eigenvalue weighted by molar-refractivity contribution is 5.57. The van der Waals surface area contributed by atoms with E-state index in [-0.39, 0.29) is 23.4 Å². The minimum absolute atomic E-state index is 0.0820. The summed E-state index contributed by atoms with van der Waals surface area (Å²) in [4.78, 5) is 10.4. The van der Waals surface area contributed by atoms with Gasteiger partial charge in [0.25, 0.3) is 0 Å². The SMILES string of the molecule is COc1cc([C@H](N)C2CCNCC2)cc([N+](=O)[O-])c1O. The average Bonchev–Trinajstić information content (AvgIpc) is 2.47. The van der Waals surface area contributed by atoms with Gasteiger partial charge in [0, 0.05) is 12.1 Å². The molecule has 1 fully saturated rings. The third-order valence-corrected chi connectivity index (χ3v) is 3.77. The number of nitrogens with two attached hydrogens (primary N) is 1. The van der Waals surface area contributed by atoms with E-state index in [4.69, 9.17) is 10.5 Å². The van der Waals surface area contributed by atoms with E-state index in [2.05, 4.69) is 5.32 Å². The van der Waals surface area contributed by atoms with E-state index in [0.29, 0.717) is 5.56 Å². The average molecular weight is 281 g/mol. The van der Waals surface area contributed by atoms with Crippen molar-refractivity contribution in [2.45, 2.75) is 18.9 Å². The predicted octanol–water partition coefficient (Wildman–Crippen LogP) is 1.31. The predicted molar refractivity (Wildman–Crippen MR) is 73.8 cm³/mol. The normalized spacial score (nSPS) is 17.7. The molecule has 4 N–H and O–H groups in total. The molecular formula is C13H19N3O4. The first-order valence-electron chi connectivity index (χ1n) is 6.56. The molecule has 7 heteroatoms. The van der Waals surface area contributed by atoms with E-state index < -0.39 is 10.7 Å². The molecule has 1 aliphatic heterocycles. The number of methoxy groups -OCH3 is 1. The van der Waals surface area contributed by atoms with Crippen molar-refractivity contribution >= 4 is 5.69 Å². The zero-order chi connectivity index (χ0) is 14.7. The number of benzene rings is 1. The standard InChI is InChI=1S/C13H19N3O4/c1-20-11-7-9(6-10(13(11)17)16(18)19)12(14)8-2-4-15-5-3-8/h6-8,12,15,17H,2-5,14H2,1H3/t12-/m1/s1. The van der Waals surface area contributed by atoms with Crippen molar-refractivity contribution in [2.75, 3.05) is 20.2 Å². The molecule has 0 unspecified atom stereocenters. The Morgan fingerprint density at radius 1 is 1.50 bits per heavy atom. The van der Waals surface area contributed by atoms with Crippen LogP contribution in [0.5, 0.6) is 11.5 Å². The molecule has 2 rings (SSSR count). The lowest BCUT2D eigenvalue weighted by Crippen LogP contribution is -2.33. The Morgan fingerprint density at radius 2 is 2.15 bits per heavy atom. The number of rotatable bonds is 4. The Kier molecular flexibility index (Phi) is 4.41. The van der Waals surface area contributed by atoms with Crippen molar-refractivity contribution in [1.29, 1.82) is 0 Å². The number of aromatic hydroxyl groups is 1. The number of phenols is 1. The first-order chi connectivity index (χ1) is 9.54. The van der Waals surface area contributed by atoms with Crippen LogP contribution in [0.25, 0.3) is 0 Å². The van der Waals surface area contributed by atoms with Gasteiger partial charge >= 0.3 is 5.69 Å². The Labute approximate surface area is 116 Å². The van der Waals surface area contributed by atoms with Crippen LogP contribution in [-0.2, 0) is 0 Å². The molecule has 0 saturated carbocycles. The number of nitro benzene ring substituents is 1. The van der Waals surface area contributed by atoms with Crippen LogP contribution in [0, 0.1) is 16.0 Å². The van der Waals surface area contributed by atoms with Crippen LogP contribution in [0.1, 0.15) is 24.4 Å². The molecule has 0 aromatic heterocycles. The maximum absolute atomic E-state index is 11.0. The summed E-state index contributed by atoms with van der Waals surface area (Å²) in [6.07, 6.45) is 1.86. The zero-order valence-corrected chi connectivity index (χ0v) is 11.3. The summed E-state index contributed by atoms with van der Waals surface area (Å²) >= 11 is 0. The van der Waals surface area contributed by atoms with Crippen LogP contribution in [0.3, 0.4) is 0 Å². The van der Waals surface area contributed by atoms with Crippen LogP contribution in [0.2, 0.25) is 0 Å². The molecule has 1 aliphatic rings. The summed E-state index contributed by atoms with van der Waals surface area (Å²) in [6.45, 7) is 1.80. The molecule has 0 spiro atoms. The summed E-state index contributed by atoms with van der Waals surface area (Å²) in [5.74, 6) is -0.109. The quantitative estimate of drug-likeness (QED) is 0.567. The number of ether oxygens (including phenoxy) is 1. The van der Waals surface area contributed by atoms with Crippen LogP contribution in [0.4, 0.5) is 5.69 Å². The fourth-order valence-corrected chi connectivity index (χ4v) is 2.58.